The number of benzene rings is 2. The summed E-state index contributed by atoms with van der Waals surface area (Å²) in [7, 11) is -2.02. The molecule has 2 amide bonds. The van der Waals surface area contributed by atoms with Gasteiger partial charge in [-0.1, -0.05) is 55.5 Å². The Balaban J connectivity index is 1.82. The van der Waals surface area contributed by atoms with Gasteiger partial charge in [-0.15, -0.1) is 0 Å². The van der Waals surface area contributed by atoms with Gasteiger partial charge in [0.2, 0.25) is 5.91 Å². The van der Waals surface area contributed by atoms with E-state index in [0.717, 1.165) is 11.8 Å². The van der Waals surface area contributed by atoms with Gasteiger partial charge in [0.05, 0.1) is 10.5 Å². The topological polar surface area (TPSA) is 83.6 Å². The molecular weight excluding hydrogens is 400 g/mol. The Morgan fingerprint density at radius 2 is 1.70 bits per heavy atom. The van der Waals surface area contributed by atoms with Gasteiger partial charge in [-0.2, -0.15) is 0 Å². The highest BCUT2D eigenvalue weighted by molar-refractivity contribution is 7.90. The standard InChI is InChI=1S/C23H26N2O4S/c1-23(14-21(26)24-2)15-25(16-23)22(27)19-12-11-18(13-20(19)30(3,28)29)10-9-17-7-5-4-6-8-17/h4-13H,14-16H2,1-3H3,(H,24,26)/b10-9+. The van der Waals surface area contributed by atoms with Crippen LogP contribution in [-0.4, -0.2) is 51.5 Å². The maximum absolute atomic E-state index is 13.0. The summed E-state index contributed by atoms with van der Waals surface area (Å²) in [4.78, 5) is 26.2. The van der Waals surface area contributed by atoms with E-state index in [1.54, 1.807) is 24.1 Å². The molecule has 1 N–H and O–H groups in total. The predicted molar refractivity (Wildman–Crippen MR) is 118 cm³/mol. The lowest BCUT2D eigenvalue weighted by Gasteiger charge is -2.47. The quantitative estimate of drug-likeness (QED) is 0.720. The summed E-state index contributed by atoms with van der Waals surface area (Å²) in [6.07, 6.45) is 5.15. The first-order valence-corrected chi connectivity index (χ1v) is 11.6. The zero-order valence-electron chi connectivity index (χ0n) is 17.4. The van der Waals surface area contributed by atoms with E-state index in [9.17, 15) is 18.0 Å². The molecule has 0 bridgehead atoms. The molecule has 1 aliphatic heterocycles. The molecule has 0 radical (unpaired) electrons. The van der Waals surface area contributed by atoms with Crippen LogP contribution in [0.15, 0.2) is 53.4 Å². The van der Waals surface area contributed by atoms with Gasteiger partial charge >= 0.3 is 0 Å². The van der Waals surface area contributed by atoms with Crippen molar-refractivity contribution < 1.29 is 18.0 Å². The highest BCUT2D eigenvalue weighted by Crippen LogP contribution is 2.35. The summed E-state index contributed by atoms with van der Waals surface area (Å²) >= 11 is 0. The van der Waals surface area contributed by atoms with Gasteiger partial charge in [-0.05, 0) is 23.3 Å². The lowest BCUT2D eigenvalue weighted by molar-refractivity contribution is -0.125. The molecule has 2 aromatic carbocycles. The van der Waals surface area contributed by atoms with Gasteiger partial charge in [0.1, 0.15) is 0 Å². The van der Waals surface area contributed by atoms with Crippen molar-refractivity contribution in [2.24, 2.45) is 5.41 Å². The summed E-state index contributed by atoms with van der Waals surface area (Å²) in [5, 5.41) is 2.60. The molecule has 7 heteroatoms. The fraction of sp³-hybridized carbons (Fsp3) is 0.304. The van der Waals surface area contributed by atoms with Crippen LogP contribution in [0, 0.1) is 5.41 Å². The Morgan fingerprint density at radius 3 is 2.30 bits per heavy atom. The van der Waals surface area contributed by atoms with E-state index >= 15 is 0 Å². The maximum Gasteiger partial charge on any atom is 0.255 e. The number of nitrogens with one attached hydrogen (secondary N) is 1. The van der Waals surface area contributed by atoms with E-state index in [1.165, 1.54) is 6.07 Å². The van der Waals surface area contributed by atoms with E-state index in [2.05, 4.69) is 5.32 Å². The molecule has 158 valence electrons. The normalized spacial score (nSPS) is 15.6. The first kappa shape index (κ1) is 21.8. The first-order chi connectivity index (χ1) is 14.1. The number of hydrogen-bond donors (Lipinski definition) is 1. The number of nitrogens with zero attached hydrogens (tertiary/aromatic N) is 1. The summed E-state index contributed by atoms with van der Waals surface area (Å²) in [5.41, 5.74) is 1.56. The fourth-order valence-corrected chi connectivity index (χ4v) is 4.56. The van der Waals surface area contributed by atoms with Gasteiger partial charge in [-0.3, -0.25) is 9.59 Å². The molecule has 0 unspecified atom stereocenters. The minimum atomic E-state index is -3.60. The number of hydrogen-bond acceptors (Lipinski definition) is 4. The van der Waals surface area contributed by atoms with Crippen molar-refractivity contribution in [1.82, 2.24) is 10.2 Å². The zero-order valence-corrected chi connectivity index (χ0v) is 18.2. The zero-order chi connectivity index (χ0) is 21.9. The lowest BCUT2D eigenvalue weighted by Crippen LogP contribution is -2.58. The molecule has 0 aliphatic carbocycles. The highest BCUT2D eigenvalue weighted by Gasteiger charge is 2.43. The predicted octanol–water partition coefficient (Wildman–Crippen LogP) is 2.86. The van der Waals surface area contributed by atoms with Crippen LogP contribution >= 0.6 is 0 Å². The Hall–Kier alpha value is -2.93. The smallest absolute Gasteiger partial charge is 0.255 e. The molecule has 2 aromatic rings. The van der Waals surface area contributed by atoms with Gasteiger partial charge in [0.15, 0.2) is 9.84 Å². The number of amides is 2. The number of carbonyl (C=O) groups is 2. The summed E-state index contributed by atoms with van der Waals surface area (Å²) in [6, 6.07) is 14.5. The van der Waals surface area contributed by atoms with Crippen LogP contribution in [0.4, 0.5) is 0 Å². The summed E-state index contributed by atoms with van der Waals surface area (Å²) in [6.45, 7) is 2.78. The molecule has 1 heterocycles. The van der Waals surface area contributed by atoms with E-state index < -0.39 is 9.84 Å². The third kappa shape index (κ3) is 4.97. The SMILES string of the molecule is CNC(=O)CC1(C)CN(C(=O)c2ccc(/C=C/c3ccccc3)cc2S(C)(=O)=O)C1. The highest BCUT2D eigenvalue weighted by atomic mass is 32.2. The number of carbonyl (C=O) groups excluding carboxylic acids is 2. The van der Waals surface area contributed by atoms with Crippen LogP contribution in [-0.2, 0) is 14.6 Å². The van der Waals surface area contributed by atoms with Gasteiger partial charge < -0.3 is 10.2 Å². The number of sulfone groups is 1. The Bertz CT molecular complexity index is 1090. The van der Waals surface area contributed by atoms with Gasteiger partial charge in [0, 0.05) is 38.2 Å². The Morgan fingerprint density at radius 1 is 1.07 bits per heavy atom. The molecule has 3 rings (SSSR count). The average Bonchev–Trinajstić information content (AvgIpc) is 2.69. The largest absolute Gasteiger partial charge is 0.359 e. The third-order valence-electron chi connectivity index (χ3n) is 5.20. The van der Waals surface area contributed by atoms with Crippen LogP contribution in [0.25, 0.3) is 12.2 Å². The fourth-order valence-electron chi connectivity index (χ4n) is 3.66. The molecule has 0 aromatic heterocycles. The second-order valence-corrected chi connectivity index (χ2v) is 10.1. The van der Waals surface area contributed by atoms with Crippen molar-refractivity contribution >= 4 is 33.8 Å². The molecule has 30 heavy (non-hydrogen) atoms. The number of rotatable bonds is 6. The van der Waals surface area contributed by atoms with Crippen molar-refractivity contribution in [3.05, 3.63) is 65.2 Å². The summed E-state index contributed by atoms with van der Waals surface area (Å²) in [5.74, 6) is -0.403. The van der Waals surface area contributed by atoms with E-state index in [4.69, 9.17) is 0 Å². The van der Waals surface area contributed by atoms with Crippen molar-refractivity contribution in [2.45, 2.75) is 18.2 Å². The van der Waals surface area contributed by atoms with Crippen LogP contribution in [0.1, 0.15) is 34.8 Å². The van der Waals surface area contributed by atoms with Crippen molar-refractivity contribution in [3.8, 4) is 0 Å². The summed E-state index contributed by atoms with van der Waals surface area (Å²) < 4.78 is 24.8. The van der Waals surface area contributed by atoms with Crippen molar-refractivity contribution in [3.63, 3.8) is 0 Å². The molecule has 0 spiro atoms. The van der Waals surface area contributed by atoms with Crippen molar-refractivity contribution in [2.75, 3.05) is 26.4 Å². The van der Waals surface area contributed by atoms with E-state index in [1.807, 2.05) is 49.4 Å². The number of likely N-dealkylation sites (tertiary alicyclic amines) is 1. The van der Waals surface area contributed by atoms with Crippen LogP contribution < -0.4 is 5.32 Å². The minimum absolute atomic E-state index is 0.0163. The van der Waals surface area contributed by atoms with Crippen molar-refractivity contribution in [1.29, 1.82) is 0 Å². The average molecular weight is 427 g/mol. The lowest BCUT2D eigenvalue weighted by atomic mass is 9.78. The molecule has 0 saturated carbocycles. The minimum Gasteiger partial charge on any atom is -0.359 e. The van der Waals surface area contributed by atoms with Crippen LogP contribution in [0.5, 0.6) is 0 Å². The van der Waals surface area contributed by atoms with Gasteiger partial charge in [-0.25, -0.2) is 8.42 Å². The Kier molecular flexibility index (Phi) is 6.12. The monoisotopic (exact) mass is 426 g/mol. The second-order valence-electron chi connectivity index (χ2n) is 8.09. The van der Waals surface area contributed by atoms with Crippen LogP contribution in [0.2, 0.25) is 0 Å². The Labute approximate surface area is 177 Å². The van der Waals surface area contributed by atoms with Crippen LogP contribution in [0.3, 0.4) is 0 Å². The van der Waals surface area contributed by atoms with Gasteiger partial charge in [0.25, 0.3) is 5.91 Å². The molecule has 1 saturated heterocycles. The molecule has 1 fully saturated rings. The second kappa shape index (κ2) is 8.44. The molecule has 6 nitrogen and oxygen atoms in total. The van der Waals surface area contributed by atoms with E-state index in [0.29, 0.717) is 25.1 Å². The molecule has 0 atom stereocenters. The maximum atomic E-state index is 13.0. The first-order valence-electron chi connectivity index (χ1n) is 9.68. The third-order valence-corrected chi connectivity index (χ3v) is 6.34. The van der Waals surface area contributed by atoms with E-state index in [-0.39, 0.29) is 27.7 Å². The molecule has 1 aliphatic rings. The molecular formula is C23H26N2O4S.